The number of sulfonamides is 1. The highest BCUT2D eigenvalue weighted by Gasteiger charge is 2.44. The first-order chi connectivity index (χ1) is 16.9. The SMILES string of the molecule is CS(=O)(=O)NCC1(c2ccc(N3CCC[C@H](CC(=O)Cc4ccc(C(F)(F)F)cc4)C3=O)cc2)CC1. The molecule has 194 valence electrons. The second-order valence-electron chi connectivity index (χ2n) is 9.86. The lowest BCUT2D eigenvalue weighted by atomic mass is 9.89. The molecule has 0 unspecified atom stereocenters. The summed E-state index contributed by atoms with van der Waals surface area (Å²) in [6, 6.07) is 12.1. The summed E-state index contributed by atoms with van der Waals surface area (Å²) in [5.41, 5.74) is 1.27. The molecule has 6 nitrogen and oxygen atoms in total. The number of Topliss-reactive ketones (excluding diaryl/α,β-unsaturated/α-hetero) is 1. The highest BCUT2D eigenvalue weighted by atomic mass is 32.2. The number of piperidine rings is 1. The first kappa shape index (κ1) is 26.3. The van der Waals surface area contributed by atoms with Crippen LogP contribution in [0.4, 0.5) is 18.9 Å². The number of rotatable bonds is 9. The molecule has 2 aromatic rings. The van der Waals surface area contributed by atoms with Crippen LogP contribution < -0.4 is 9.62 Å². The number of carbonyl (C=O) groups is 2. The Hall–Kier alpha value is -2.72. The summed E-state index contributed by atoms with van der Waals surface area (Å²) in [6.45, 7) is 0.888. The molecule has 10 heteroatoms. The maximum atomic E-state index is 13.1. The van der Waals surface area contributed by atoms with Gasteiger partial charge in [0.2, 0.25) is 15.9 Å². The zero-order valence-corrected chi connectivity index (χ0v) is 20.8. The van der Waals surface area contributed by atoms with Gasteiger partial charge in [-0.2, -0.15) is 13.2 Å². The van der Waals surface area contributed by atoms with Gasteiger partial charge in [0.05, 0.1) is 11.8 Å². The van der Waals surface area contributed by atoms with Crippen molar-refractivity contribution in [3.63, 3.8) is 0 Å². The van der Waals surface area contributed by atoms with Gasteiger partial charge in [-0.15, -0.1) is 0 Å². The summed E-state index contributed by atoms with van der Waals surface area (Å²) in [5, 5.41) is 0. The molecule has 1 saturated heterocycles. The third kappa shape index (κ3) is 6.34. The van der Waals surface area contributed by atoms with Crippen LogP contribution in [0.1, 0.15) is 48.8 Å². The fourth-order valence-corrected chi connectivity index (χ4v) is 5.30. The maximum Gasteiger partial charge on any atom is 0.416 e. The van der Waals surface area contributed by atoms with E-state index < -0.39 is 27.7 Å². The minimum Gasteiger partial charge on any atom is -0.312 e. The summed E-state index contributed by atoms with van der Waals surface area (Å²) >= 11 is 0. The van der Waals surface area contributed by atoms with Crippen LogP contribution in [0.15, 0.2) is 48.5 Å². The van der Waals surface area contributed by atoms with Gasteiger partial charge in [0.25, 0.3) is 0 Å². The van der Waals surface area contributed by atoms with Crippen LogP contribution in [0.25, 0.3) is 0 Å². The Balaban J connectivity index is 1.36. The van der Waals surface area contributed by atoms with Crippen LogP contribution in [-0.4, -0.2) is 39.5 Å². The second kappa shape index (κ2) is 9.97. The van der Waals surface area contributed by atoms with E-state index in [0.717, 1.165) is 48.9 Å². The van der Waals surface area contributed by atoms with Crippen molar-refractivity contribution in [1.82, 2.24) is 4.72 Å². The molecule has 36 heavy (non-hydrogen) atoms. The molecule has 2 aromatic carbocycles. The molecule has 1 aliphatic heterocycles. The van der Waals surface area contributed by atoms with Gasteiger partial charge >= 0.3 is 6.18 Å². The number of anilines is 1. The van der Waals surface area contributed by atoms with E-state index in [2.05, 4.69) is 4.72 Å². The van der Waals surface area contributed by atoms with Crippen LogP contribution in [0.3, 0.4) is 0 Å². The summed E-state index contributed by atoms with van der Waals surface area (Å²) < 4.78 is 63.7. The normalized spacial score (nSPS) is 19.8. The van der Waals surface area contributed by atoms with Gasteiger partial charge in [0, 0.05) is 43.0 Å². The highest BCUT2D eigenvalue weighted by Crippen LogP contribution is 2.48. The van der Waals surface area contributed by atoms with Crippen LogP contribution in [0, 0.1) is 5.92 Å². The van der Waals surface area contributed by atoms with E-state index in [9.17, 15) is 31.2 Å². The standard InChI is InChI=1S/C26H29F3N2O4S/c1-36(34,35)30-17-25(12-13-25)20-8-10-22(11-9-20)31-14-2-3-19(24(31)33)16-23(32)15-18-4-6-21(7-5-18)26(27,28)29/h4-11,19,30H,2-3,12-17H2,1H3/t19-/m1/s1. The van der Waals surface area contributed by atoms with Crippen LogP contribution in [0.2, 0.25) is 0 Å². The molecule has 0 aromatic heterocycles. The maximum absolute atomic E-state index is 13.1. The fourth-order valence-electron chi connectivity index (χ4n) is 4.76. The number of nitrogens with zero attached hydrogens (tertiary/aromatic N) is 1. The number of nitrogens with one attached hydrogen (secondary N) is 1. The predicted molar refractivity (Wildman–Crippen MR) is 130 cm³/mol. The second-order valence-corrected chi connectivity index (χ2v) is 11.7. The van der Waals surface area contributed by atoms with Gasteiger partial charge in [0.1, 0.15) is 5.78 Å². The van der Waals surface area contributed by atoms with Crippen molar-refractivity contribution >= 4 is 27.4 Å². The predicted octanol–water partition coefficient (Wildman–Crippen LogP) is 4.23. The van der Waals surface area contributed by atoms with Crippen molar-refractivity contribution < 1.29 is 31.2 Å². The Morgan fingerprint density at radius 1 is 1.08 bits per heavy atom. The molecule has 0 spiro atoms. The average molecular weight is 523 g/mol. The Morgan fingerprint density at radius 3 is 2.28 bits per heavy atom. The molecular formula is C26H29F3N2O4S. The minimum atomic E-state index is -4.43. The van der Waals surface area contributed by atoms with E-state index in [1.54, 1.807) is 4.90 Å². The number of carbonyl (C=O) groups excluding carboxylic acids is 2. The van der Waals surface area contributed by atoms with E-state index in [1.807, 2.05) is 24.3 Å². The molecule has 4 rings (SSSR count). The summed E-state index contributed by atoms with van der Waals surface area (Å²) in [7, 11) is -3.28. The van der Waals surface area contributed by atoms with Gasteiger partial charge < -0.3 is 4.90 Å². The zero-order valence-electron chi connectivity index (χ0n) is 20.0. The molecule has 2 aliphatic rings. The van der Waals surface area contributed by atoms with Gasteiger partial charge in [-0.05, 0) is 61.1 Å². The molecule has 1 heterocycles. The Labute approximate surface area is 208 Å². The molecule has 1 N–H and O–H groups in total. The number of ketones is 1. The summed E-state index contributed by atoms with van der Waals surface area (Å²) in [5.74, 6) is -0.775. The Kier molecular flexibility index (Phi) is 7.30. The molecule has 1 amide bonds. The highest BCUT2D eigenvalue weighted by molar-refractivity contribution is 7.88. The lowest BCUT2D eigenvalue weighted by molar-refractivity contribution is -0.137. The van der Waals surface area contributed by atoms with Gasteiger partial charge in [0.15, 0.2) is 0 Å². The number of amides is 1. The van der Waals surface area contributed by atoms with E-state index >= 15 is 0 Å². The number of hydrogen-bond donors (Lipinski definition) is 1. The Bertz CT molecular complexity index is 1220. The summed E-state index contributed by atoms with van der Waals surface area (Å²) in [4.78, 5) is 27.4. The number of hydrogen-bond acceptors (Lipinski definition) is 4. The quantitative estimate of drug-likeness (QED) is 0.534. The number of alkyl halides is 3. The molecule has 2 fully saturated rings. The van der Waals surface area contributed by atoms with Crippen molar-refractivity contribution in [3.05, 3.63) is 65.2 Å². The van der Waals surface area contributed by atoms with Crippen molar-refractivity contribution in [1.29, 1.82) is 0 Å². The molecule has 1 saturated carbocycles. The fraction of sp³-hybridized carbons (Fsp3) is 0.462. The average Bonchev–Trinajstić information content (AvgIpc) is 3.60. The largest absolute Gasteiger partial charge is 0.416 e. The third-order valence-electron chi connectivity index (χ3n) is 7.02. The minimum absolute atomic E-state index is 0.0137. The van der Waals surface area contributed by atoms with E-state index in [-0.39, 0.29) is 29.9 Å². The van der Waals surface area contributed by atoms with E-state index in [0.29, 0.717) is 25.1 Å². The van der Waals surface area contributed by atoms with Crippen molar-refractivity contribution in [3.8, 4) is 0 Å². The smallest absolute Gasteiger partial charge is 0.312 e. The monoisotopic (exact) mass is 522 g/mol. The van der Waals surface area contributed by atoms with Gasteiger partial charge in [-0.3, -0.25) is 9.59 Å². The van der Waals surface area contributed by atoms with Gasteiger partial charge in [-0.1, -0.05) is 24.3 Å². The zero-order chi connectivity index (χ0) is 26.1. The third-order valence-corrected chi connectivity index (χ3v) is 7.69. The van der Waals surface area contributed by atoms with E-state index in [4.69, 9.17) is 0 Å². The number of halogens is 3. The first-order valence-corrected chi connectivity index (χ1v) is 13.8. The number of benzene rings is 2. The topological polar surface area (TPSA) is 83.6 Å². The van der Waals surface area contributed by atoms with Crippen molar-refractivity contribution in [2.45, 2.75) is 50.1 Å². The molecule has 0 bridgehead atoms. The van der Waals surface area contributed by atoms with Crippen molar-refractivity contribution in [2.24, 2.45) is 5.92 Å². The molecular weight excluding hydrogens is 493 g/mol. The van der Waals surface area contributed by atoms with Crippen LogP contribution >= 0.6 is 0 Å². The van der Waals surface area contributed by atoms with E-state index in [1.165, 1.54) is 12.1 Å². The molecule has 0 radical (unpaired) electrons. The van der Waals surface area contributed by atoms with Gasteiger partial charge in [-0.25, -0.2) is 13.1 Å². The molecule has 1 atom stereocenters. The van der Waals surface area contributed by atoms with Crippen LogP contribution in [0.5, 0.6) is 0 Å². The Morgan fingerprint density at radius 2 is 1.72 bits per heavy atom. The first-order valence-electron chi connectivity index (χ1n) is 11.9. The lowest BCUT2D eigenvalue weighted by Crippen LogP contribution is -2.42. The summed E-state index contributed by atoms with van der Waals surface area (Å²) in [6.07, 6.45) is -0.138. The lowest BCUT2D eigenvalue weighted by Gasteiger charge is -2.32. The molecule has 1 aliphatic carbocycles. The van der Waals surface area contributed by atoms with Crippen LogP contribution in [-0.2, 0) is 37.6 Å². The van der Waals surface area contributed by atoms with Crippen molar-refractivity contribution in [2.75, 3.05) is 24.2 Å².